The van der Waals surface area contributed by atoms with Crippen molar-refractivity contribution in [1.29, 1.82) is 0 Å². The van der Waals surface area contributed by atoms with Crippen LogP contribution in [-0.4, -0.2) is 26.2 Å². The first-order chi connectivity index (χ1) is 6.53. The average Bonchev–Trinajstić information content (AvgIpc) is 2.24. The molecule has 0 N–H and O–H groups in total. The smallest absolute Gasteiger partial charge is 0.346 e. The minimum Gasteiger partial charge on any atom is -0.346 e. The van der Waals surface area contributed by atoms with Crippen LogP contribution in [0.15, 0.2) is 18.1 Å². The summed E-state index contributed by atoms with van der Waals surface area (Å²) in [5.74, 6) is -0.882. The van der Waals surface area contributed by atoms with Crippen LogP contribution < -0.4 is 0 Å². The molecule has 0 heterocycles. The Morgan fingerprint density at radius 1 is 1.50 bits per heavy atom. The van der Waals surface area contributed by atoms with E-state index in [0.29, 0.717) is 6.16 Å². The molecule has 0 aliphatic rings. The van der Waals surface area contributed by atoms with Gasteiger partial charge in [0.05, 0.1) is 0 Å². The minimum atomic E-state index is -1.75. The van der Waals surface area contributed by atoms with E-state index >= 15 is 0 Å². The molecular weight excluding hydrogens is 203 g/mol. The molecule has 1 unspecified atom stereocenters. The van der Waals surface area contributed by atoms with Gasteiger partial charge in [0.1, 0.15) is 0 Å². The fraction of sp³-hybridized carbons (Fsp3) is 0.667. The first-order valence-corrected chi connectivity index (χ1v) is 5.53. The zero-order valence-corrected chi connectivity index (χ0v) is 9.89. The third-order valence-corrected chi connectivity index (χ3v) is 2.71. The summed E-state index contributed by atoms with van der Waals surface area (Å²) in [4.78, 5) is 0. The summed E-state index contributed by atoms with van der Waals surface area (Å²) in [6, 6.07) is 0. The van der Waals surface area contributed by atoms with Gasteiger partial charge in [0.15, 0.2) is 6.16 Å². The maximum Gasteiger partial charge on any atom is 0.556 e. The molecule has 0 saturated carbocycles. The maximum atomic E-state index is 11.2. The topological polar surface area (TPSA) is 44.8 Å². The van der Waals surface area contributed by atoms with E-state index < -0.39 is 13.8 Å². The normalized spacial score (nSPS) is 11.9. The molecule has 0 amide bonds. The van der Waals surface area contributed by atoms with Crippen molar-refractivity contribution < 1.29 is 18.6 Å². The summed E-state index contributed by atoms with van der Waals surface area (Å²) < 4.78 is 26.4. The van der Waals surface area contributed by atoms with Crippen LogP contribution in [0.4, 0.5) is 0 Å². The Morgan fingerprint density at radius 3 is 2.29 bits per heavy atom. The lowest BCUT2D eigenvalue weighted by Gasteiger charge is -2.23. The molecule has 0 rings (SSSR count). The van der Waals surface area contributed by atoms with E-state index in [4.69, 9.17) is 14.0 Å². The van der Waals surface area contributed by atoms with Crippen molar-refractivity contribution in [1.82, 2.24) is 0 Å². The predicted molar refractivity (Wildman–Crippen MR) is 54.3 cm³/mol. The lowest BCUT2D eigenvalue weighted by atomic mass is 10.3. The number of ether oxygens (including phenoxy) is 2. The Balaban J connectivity index is 4.73. The number of rotatable bonds is 6. The van der Waals surface area contributed by atoms with Crippen LogP contribution in [0.25, 0.3) is 0 Å². The largest absolute Gasteiger partial charge is 0.556 e. The van der Waals surface area contributed by atoms with Crippen LogP contribution in [0.5, 0.6) is 0 Å². The zero-order valence-electron chi connectivity index (χ0n) is 8.99. The highest BCUT2D eigenvalue weighted by molar-refractivity contribution is 7.39. The summed E-state index contributed by atoms with van der Waals surface area (Å²) in [7, 11) is 1.17. The minimum absolute atomic E-state index is 0.200. The molecule has 0 aromatic rings. The quantitative estimate of drug-likeness (QED) is 0.298. The lowest BCUT2D eigenvalue weighted by molar-refractivity contribution is -0.180. The van der Waals surface area contributed by atoms with Gasteiger partial charge in [-0.15, -0.1) is 0 Å². The van der Waals surface area contributed by atoms with Crippen molar-refractivity contribution in [2.45, 2.75) is 19.6 Å². The van der Waals surface area contributed by atoms with Crippen molar-refractivity contribution in [2.24, 2.45) is 0 Å². The maximum absolute atomic E-state index is 11.2. The van der Waals surface area contributed by atoms with Gasteiger partial charge in [-0.05, 0) is 18.4 Å². The van der Waals surface area contributed by atoms with E-state index in [2.05, 4.69) is 12.3 Å². The van der Waals surface area contributed by atoms with Gasteiger partial charge < -0.3 is 9.47 Å². The molecular formula is C9H16O4P+. The highest BCUT2D eigenvalue weighted by atomic mass is 31.1. The first-order valence-electron chi connectivity index (χ1n) is 4.17. The molecule has 0 aliphatic heterocycles. The van der Waals surface area contributed by atoms with Crippen LogP contribution in [0.2, 0.25) is 0 Å². The molecule has 0 aromatic carbocycles. The fourth-order valence-corrected chi connectivity index (χ4v) is 1.27. The second-order valence-corrected chi connectivity index (χ2v) is 4.08. The van der Waals surface area contributed by atoms with Crippen LogP contribution >= 0.6 is 8.03 Å². The molecule has 0 spiro atoms. The molecule has 14 heavy (non-hydrogen) atoms. The number of hydrogen-bond donors (Lipinski definition) is 0. The van der Waals surface area contributed by atoms with E-state index in [0.717, 1.165) is 0 Å². The van der Waals surface area contributed by atoms with Gasteiger partial charge in [0, 0.05) is 14.2 Å². The summed E-state index contributed by atoms with van der Waals surface area (Å²) in [6.45, 7) is 6.83. The molecule has 0 bridgehead atoms. The van der Waals surface area contributed by atoms with E-state index in [1.54, 1.807) is 13.8 Å². The van der Waals surface area contributed by atoms with Crippen molar-refractivity contribution in [3.8, 4) is 0 Å². The van der Waals surface area contributed by atoms with Crippen molar-refractivity contribution >= 4 is 8.03 Å². The highest BCUT2D eigenvalue weighted by Gasteiger charge is 2.36. The predicted octanol–water partition coefficient (Wildman–Crippen LogP) is 2.44. The molecule has 5 heteroatoms. The SMILES string of the molecule is C=C=C(O[P+](=O)CC)C(C)(OC)OC. The second-order valence-electron chi connectivity index (χ2n) is 2.60. The number of hydrogen-bond acceptors (Lipinski definition) is 4. The zero-order chi connectivity index (χ0) is 11.2. The Hall–Kier alpha value is -0.660. The van der Waals surface area contributed by atoms with Gasteiger partial charge in [-0.1, -0.05) is 12.3 Å². The summed E-state index contributed by atoms with van der Waals surface area (Å²) in [6.07, 6.45) is 0.421. The van der Waals surface area contributed by atoms with E-state index in [1.807, 2.05) is 0 Å². The summed E-state index contributed by atoms with van der Waals surface area (Å²) >= 11 is 0. The monoisotopic (exact) mass is 219 g/mol. The van der Waals surface area contributed by atoms with Crippen molar-refractivity contribution in [2.75, 3.05) is 20.4 Å². The Kier molecular flexibility index (Phi) is 5.66. The van der Waals surface area contributed by atoms with Gasteiger partial charge in [-0.2, -0.15) is 0 Å². The van der Waals surface area contributed by atoms with Crippen molar-refractivity contribution in [3.05, 3.63) is 18.1 Å². The first kappa shape index (κ1) is 13.3. The van der Waals surface area contributed by atoms with Crippen LogP contribution in [0.3, 0.4) is 0 Å². The summed E-state index contributed by atoms with van der Waals surface area (Å²) in [5.41, 5.74) is 2.52. The number of methoxy groups -OCH3 is 2. The van der Waals surface area contributed by atoms with E-state index in [-0.39, 0.29) is 5.76 Å². The molecule has 0 radical (unpaired) electrons. The van der Waals surface area contributed by atoms with E-state index in [1.165, 1.54) is 14.2 Å². The van der Waals surface area contributed by atoms with Crippen LogP contribution in [0.1, 0.15) is 13.8 Å². The van der Waals surface area contributed by atoms with Gasteiger partial charge in [-0.3, -0.25) is 0 Å². The second kappa shape index (κ2) is 5.94. The molecule has 0 saturated heterocycles. The Morgan fingerprint density at radius 2 is 2.00 bits per heavy atom. The molecule has 0 aliphatic carbocycles. The van der Waals surface area contributed by atoms with Gasteiger partial charge in [-0.25, -0.2) is 4.52 Å². The van der Waals surface area contributed by atoms with Gasteiger partial charge in [0.25, 0.3) is 5.76 Å². The fourth-order valence-electron chi connectivity index (χ4n) is 0.711. The molecule has 80 valence electrons. The molecule has 0 fully saturated rings. The third kappa shape index (κ3) is 3.24. The molecule has 0 aromatic heterocycles. The van der Waals surface area contributed by atoms with Crippen LogP contribution in [0, 0.1) is 0 Å². The standard InChI is InChI=1S/C9H16O4P/c1-6-8(13-14(10)7-2)9(3,11-4)12-5/h1,7H2,2-5H3/q+1. The Labute approximate surface area is 85.4 Å². The highest BCUT2D eigenvalue weighted by Crippen LogP contribution is 2.32. The third-order valence-electron chi connectivity index (χ3n) is 1.80. The molecule has 4 nitrogen and oxygen atoms in total. The average molecular weight is 219 g/mol. The van der Waals surface area contributed by atoms with Crippen molar-refractivity contribution in [3.63, 3.8) is 0 Å². The molecule has 1 atom stereocenters. The van der Waals surface area contributed by atoms with Gasteiger partial charge >= 0.3 is 8.03 Å². The van der Waals surface area contributed by atoms with Gasteiger partial charge in [0.2, 0.25) is 5.79 Å². The van der Waals surface area contributed by atoms with E-state index in [9.17, 15) is 4.57 Å². The lowest BCUT2D eigenvalue weighted by Crippen LogP contribution is -2.32. The summed E-state index contributed by atoms with van der Waals surface area (Å²) in [5, 5.41) is 0. The van der Waals surface area contributed by atoms with Crippen LogP contribution in [-0.2, 0) is 18.6 Å². The Bertz CT molecular complexity index is 252.